The number of benzene rings is 2. The lowest BCUT2D eigenvalue weighted by molar-refractivity contribution is 0.0950. The quantitative estimate of drug-likeness (QED) is 0.636. The maximum Gasteiger partial charge on any atom is 0.251 e. The number of methoxy groups -OCH3 is 1. The number of carbonyl (C=O) groups excluding carboxylic acids is 1. The van der Waals surface area contributed by atoms with Gasteiger partial charge in [0.15, 0.2) is 11.5 Å². The van der Waals surface area contributed by atoms with Crippen LogP contribution in [-0.4, -0.2) is 24.6 Å². The van der Waals surface area contributed by atoms with Crippen LogP contribution in [0.4, 0.5) is 0 Å². The zero-order chi connectivity index (χ0) is 19.8. The lowest BCUT2D eigenvalue weighted by atomic mass is 10.2. The average Bonchev–Trinajstić information content (AvgIpc) is 2.74. The Morgan fingerprint density at radius 2 is 1.86 bits per heavy atom. The molecule has 3 aromatic rings. The summed E-state index contributed by atoms with van der Waals surface area (Å²) in [6, 6.07) is 18.1. The van der Waals surface area contributed by atoms with Crippen molar-refractivity contribution < 1.29 is 19.0 Å². The molecule has 1 amide bonds. The Labute approximate surface area is 164 Å². The van der Waals surface area contributed by atoms with Crippen LogP contribution in [0, 0.1) is 0 Å². The van der Waals surface area contributed by atoms with Crippen molar-refractivity contribution in [1.82, 2.24) is 10.3 Å². The second-order valence-electron chi connectivity index (χ2n) is 5.90. The van der Waals surface area contributed by atoms with Crippen molar-refractivity contribution in [1.29, 1.82) is 0 Å². The van der Waals surface area contributed by atoms with Crippen molar-refractivity contribution in [3.8, 4) is 23.1 Å². The number of nitrogens with one attached hydrogen (secondary N) is 1. The predicted molar refractivity (Wildman–Crippen MR) is 106 cm³/mol. The molecular formula is C22H22N2O4. The highest BCUT2D eigenvalue weighted by Gasteiger charge is 2.08. The Morgan fingerprint density at radius 1 is 1.04 bits per heavy atom. The lowest BCUT2D eigenvalue weighted by Gasteiger charge is -2.11. The molecule has 0 unspecified atom stereocenters. The molecule has 0 saturated carbocycles. The fourth-order valence-corrected chi connectivity index (χ4v) is 2.55. The van der Waals surface area contributed by atoms with E-state index in [0.29, 0.717) is 41.8 Å². The van der Waals surface area contributed by atoms with Gasteiger partial charge in [-0.1, -0.05) is 24.3 Å². The topological polar surface area (TPSA) is 69.7 Å². The number of amides is 1. The number of hydrogen-bond donors (Lipinski definition) is 1. The van der Waals surface area contributed by atoms with E-state index in [0.717, 1.165) is 5.56 Å². The second kappa shape index (κ2) is 9.41. The fraction of sp³-hybridized carbons (Fsp3) is 0.182. The van der Waals surface area contributed by atoms with Crippen molar-refractivity contribution in [2.24, 2.45) is 0 Å². The van der Waals surface area contributed by atoms with E-state index < -0.39 is 0 Å². The molecule has 1 heterocycles. The molecule has 1 N–H and O–H groups in total. The van der Waals surface area contributed by atoms with E-state index in [1.54, 1.807) is 43.6 Å². The largest absolute Gasteiger partial charge is 0.497 e. The Balaban J connectivity index is 1.59. The van der Waals surface area contributed by atoms with Gasteiger partial charge in [-0.2, -0.15) is 0 Å². The minimum atomic E-state index is -0.176. The molecule has 0 spiro atoms. The minimum absolute atomic E-state index is 0.176. The molecule has 28 heavy (non-hydrogen) atoms. The summed E-state index contributed by atoms with van der Waals surface area (Å²) in [5, 5.41) is 2.87. The molecule has 0 aliphatic heterocycles. The van der Waals surface area contributed by atoms with E-state index in [-0.39, 0.29) is 5.91 Å². The number of carbonyl (C=O) groups is 1. The minimum Gasteiger partial charge on any atom is -0.497 e. The van der Waals surface area contributed by atoms with E-state index in [1.807, 2.05) is 37.3 Å². The summed E-state index contributed by atoms with van der Waals surface area (Å²) in [6.45, 7) is 2.84. The van der Waals surface area contributed by atoms with Crippen LogP contribution in [-0.2, 0) is 6.54 Å². The van der Waals surface area contributed by atoms with E-state index in [4.69, 9.17) is 14.2 Å². The highest BCUT2D eigenvalue weighted by Crippen LogP contribution is 2.30. The van der Waals surface area contributed by atoms with Gasteiger partial charge in [-0.25, -0.2) is 4.98 Å². The summed E-state index contributed by atoms with van der Waals surface area (Å²) in [5.74, 6) is 2.19. The van der Waals surface area contributed by atoms with Gasteiger partial charge in [-0.05, 0) is 42.8 Å². The number of aromatic nitrogens is 1. The van der Waals surface area contributed by atoms with Gasteiger partial charge in [0.25, 0.3) is 5.91 Å². The van der Waals surface area contributed by atoms with Gasteiger partial charge >= 0.3 is 0 Å². The van der Waals surface area contributed by atoms with Gasteiger partial charge < -0.3 is 19.5 Å². The second-order valence-corrected chi connectivity index (χ2v) is 5.90. The predicted octanol–water partition coefficient (Wildman–Crippen LogP) is 4.21. The summed E-state index contributed by atoms with van der Waals surface area (Å²) in [6.07, 6.45) is 1.67. The SMILES string of the molecule is CCOc1ccccc1Oc1ccc(CNC(=O)c2cccc(OC)c2)cn1. The number of rotatable bonds is 8. The van der Waals surface area contributed by atoms with Crippen LogP contribution in [0.25, 0.3) is 0 Å². The van der Waals surface area contributed by atoms with E-state index in [2.05, 4.69) is 10.3 Å². The third kappa shape index (κ3) is 5.01. The summed E-state index contributed by atoms with van der Waals surface area (Å²) < 4.78 is 16.5. The molecule has 2 aromatic carbocycles. The Morgan fingerprint density at radius 3 is 2.57 bits per heavy atom. The molecule has 3 rings (SSSR count). The number of pyridine rings is 1. The number of para-hydroxylation sites is 2. The Bertz CT molecular complexity index is 926. The molecule has 6 nitrogen and oxygen atoms in total. The molecule has 0 saturated heterocycles. The van der Waals surface area contributed by atoms with Crippen LogP contribution in [0.3, 0.4) is 0 Å². The maximum atomic E-state index is 12.3. The van der Waals surface area contributed by atoms with E-state index in [9.17, 15) is 4.79 Å². The number of nitrogens with zero attached hydrogens (tertiary/aromatic N) is 1. The zero-order valence-electron chi connectivity index (χ0n) is 15.8. The van der Waals surface area contributed by atoms with E-state index in [1.165, 1.54) is 0 Å². The smallest absolute Gasteiger partial charge is 0.251 e. The summed E-state index contributed by atoms with van der Waals surface area (Å²) in [7, 11) is 1.57. The normalized spacial score (nSPS) is 10.2. The first-order chi connectivity index (χ1) is 13.7. The third-order valence-corrected chi connectivity index (χ3v) is 3.95. The molecule has 0 fully saturated rings. The molecule has 6 heteroatoms. The Hall–Kier alpha value is -3.54. The first kappa shape index (κ1) is 19.2. The first-order valence-corrected chi connectivity index (χ1v) is 8.96. The molecule has 0 bridgehead atoms. The first-order valence-electron chi connectivity index (χ1n) is 8.96. The molecule has 0 atom stereocenters. The third-order valence-electron chi connectivity index (χ3n) is 3.95. The highest BCUT2D eigenvalue weighted by molar-refractivity contribution is 5.94. The maximum absolute atomic E-state index is 12.3. The zero-order valence-corrected chi connectivity index (χ0v) is 15.8. The molecule has 144 valence electrons. The molecule has 0 aliphatic carbocycles. The molecular weight excluding hydrogens is 356 g/mol. The monoisotopic (exact) mass is 378 g/mol. The number of hydrogen-bond acceptors (Lipinski definition) is 5. The van der Waals surface area contributed by atoms with Crippen LogP contribution < -0.4 is 19.5 Å². The van der Waals surface area contributed by atoms with Crippen LogP contribution in [0.1, 0.15) is 22.8 Å². The lowest BCUT2D eigenvalue weighted by Crippen LogP contribution is -2.22. The summed E-state index contributed by atoms with van der Waals surface area (Å²) >= 11 is 0. The van der Waals surface area contributed by atoms with Crippen LogP contribution >= 0.6 is 0 Å². The van der Waals surface area contributed by atoms with Gasteiger partial charge in [0.05, 0.1) is 13.7 Å². The molecule has 0 aliphatic rings. The highest BCUT2D eigenvalue weighted by atomic mass is 16.5. The van der Waals surface area contributed by atoms with E-state index >= 15 is 0 Å². The van der Waals surface area contributed by atoms with Crippen LogP contribution in [0.5, 0.6) is 23.1 Å². The summed E-state index contributed by atoms with van der Waals surface area (Å²) in [4.78, 5) is 16.6. The standard InChI is InChI=1S/C22H22N2O4/c1-3-27-19-9-4-5-10-20(19)28-21-12-11-16(14-23-21)15-24-22(25)17-7-6-8-18(13-17)26-2/h4-14H,3,15H2,1-2H3,(H,24,25). The van der Waals surface area contributed by atoms with Crippen molar-refractivity contribution >= 4 is 5.91 Å². The summed E-state index contributed by atoms with van der Waals surface area (Å²) in [5.41, 5.74) is 1.40. The molecule has 1 aromatic heterocycles. The van der Waals surface area contributed by atoms with Crippen molar-refractivity contribution in [3.05, 3.63) is 78.0 Å². The Kier molecular flexibility index (Phi) is 6.46. The number of ether oxygens (including phenoxy) is 3. The van der Waals surface area contributed by atoms with Crippen molar-refractivity contribution in [2.75, 3.05) is 13.7 Å². The van der Waals surface area contributed by atoms with Gasteiger partial charge in [0, 0.05) is 24.4 Å². The van der Waals surface area contributed by atoms with Crippen molar-refractivity contribution in [2.45, 2.75) is 13.5 Å². The van der Waals surface area contributed by atoms with Gasteiger partial charge in [-0.15, -0.1) is 0 Å². The van der Waals surface area contributed by atoms with Crippen LogP contribution in [0.15, 0.2) is 66.9 Å². The van der Waals surface area contributed by atoms with Gasteiger partial charge in [0.2, 0.25) is 5.88 Å². The average molecular weight is 378 g/mol. The van der Waals surface area contributed by atoms with Crippen LogP contribution in [0.2, 0.25) is 0 Å². The van der Waals surface area contributed by atoms with Gasteiger partial charge in [-0.3, -0.25) is 4.79 Å². The van der Waals surface area contributed by atoms with Gasteiger partial charge in [0.1, 0.15) is 5.75 Å². The molecule has 0 radical (unpaired) electrons. The van der Waals surface area contributed by atoms with Crippen molar-refractivity contribution in [3.63, 3.8) is 0 Å². The fourth-order valence-electron chi connectivity index (χ4n) is 2.55.